The van der Waals surface area contributed by atoms with Gasteiger partial charge in [0.1, 0.15) is 4.49 Å². The standard InChI is InChI=1S/C17H22Cl2N2O/c1-17(2)13(10-14(18)19)15(17)16(22)21-9-4-3-6-12-7-5-8-20-11-12/h5,7-8,10-11,13,15H,3-4,6,9H2,1-2H3,(H,21,22). The van der Waals surface area contributed by atoms with E-state index in [1.54, 1.807) is 12.3 Å². The van der Waals surface area contributed by atoms with Gasteiger partial charge in [0.2, 0.25) is 5.91 Å². The zero-order valence-electron chi connectivity index (χ0n) is 13.0. The highest BCUT2D eigenvalue weighted by molar-refractivity contribution is 6.55. The Morgan fingerprint density at radius 1 is 1.41 bits per heavy atom. The highest BCUT2D eigenvalue weighted by Gasteiger charge is 2.60. The molecule has 1 heterocycles. The van der Waals surface area contributed by atoms with E-state index in [4.69, 9.17) is 23.2 Å². The number of nitrogens with one attached hydrogen (secondary N) is 1. The van der Waals surface area contributed by atoms with Gasteiger partial charge < -0.3 is 5.32 Å². The summed E-state index contributed by atoms with van der Waals surface area (Å²) in [6.07, 6.45) is 8.43. The molecule has 120 valence electrons. The second kappa shape index (κ2) is 7.47. The Hall–Kier alpha value is -1.06. The fourth-order valence-electron chi connectivity index (χ4n) is 2.95. The van der Waals surface area contributed by atoms with E-state index in [0.29, 0.717) is 6.54 Å². The molecule has 2 atom stereocenters. The third-order valence-electron chi connectivity index (χ3n) is 4.41. The number of hydrogen-bond donors (Lipinski definition) is 1. The average molecular weight is 341 g/mol. The van der Waals surface area contributed by atoms with Gasteiger partial charge >= 0.3 is 0 Å². The Morgan fingerprint density at radius 3 is 2.82 bits per heavy atom. The highest BCUT2D eigenvalue weighted by atomic mass is 35.5. The molecule has 5 heteroatoms. The van der Waals surface area contributed by atoms with Crippen molar-refractivity contribution < 1.29 is 4.79 Å². The maximum absolute atomic E-state index is 12.2. The molecule has 0 saturated heterocycles. The molecular formula is C17H22Cl2N2O. The predicted octanol–water partition coefficient (Wildman–Crippen LogP) is 4.11. The summed E-state index contributed by atoms with van der Waals surface area (Å²) in [6, 6.07) is 4.02. The van der Waals surface area contributed by atoms with Crippen molar-refractivity contribution in [2.45, 2.75) is 33.1 Å². The van der Waals surface area contributed by atoms with Crippen LogP contribution in [-0.2, 0) is 11.2 Å². The summed E-state index contributed by atoms with van der Waals surface area (Å²) in [5.41, 5.74) is 1.17. The van der Waals surface area contributed by atoms with Crippen LogP contribution >= 0.6 is 23.2 Å². The number of pyridine rings is 1. The lowest BCUT2D eigenvalue weighted by molar-refractivity contribution is -0.123. The number of nitrogens with zero attached hydrogens (tertiary/aromatic N) is 1. The fraction of sp³-hybridized carbons (Fsp3) is 0.529. The zero-order chi connectivity index (χ0) is 16.2. The molecule has 0 bridgehead atoms. The van der Waals surface area contributed by atoms with Crippen LogP contribution in [0.1, 0.15) is 32.3 Å². The Labute approximate surface area is 142 Å². The molecule has 1 saturated carbocycles. The number of carbonyl (C=O) groups is 1. The number of halogens is 2. The van der Waals surface area contributed by atoms with Crippen LogP contribution in [0.3, 0.4) is 0 Å². The molecular weight excluding hydrogens is 319 g/mol. The molecule has 1 aromatic rings. The Kier molecular flexibility index (Phi) is 5.87. The molecule has 1 aliphatic carbocycles. The first-order valence-electron chi connectivity index (χ1n) is 7.62. The van der Waals surface area contributed by atoms with E-state index in [2.05, 4.69) is 30.2 Å². The van der Waals surface area contributed by atoms with Crippen molar-refractivity contribution in [3.63, 3.8) is 0 Å². The maximum atomic E-state index is 12.2. The van der Waals surface area contributed by atoms with Gasteiger partial charge in [0.15, 0.2) is 0 Å². The van der Waals surface area contributed by atoms with Crippen LogP contribution in [0, 0.1) is 17.3 Å². The van der Waals surface area contributed by atoms with Crippen molar-refractivity contribution in [3.8, 4) is 0 Å². The van der Waals surface area contributed by atoms with Crippen LogP contribution in [0.4, 0.5) is 0 Å². The third kappa shape index (κ3) is 4.47. The molecule has 1 amide bonds. The molecule has 22 heavy (non-hydrogen) atoms. The molecule has 3 nitrogen and oxygen atoms in total. The zero-order valence-corrected chi connectivity index (χ0v) is 14.5. The van der Waals surface area contributed by atoms with Crippen molar-refractivity contribution >= 4 is 29.1 Å². The van der Waals surface area contributed by atoms with Crippen molar-refractivity contribution in [2.75, 3.05) is 6.54 Å². The minimum absolute atomic E-state index is 0.0293. The van der Waals surface area contributed by atoms with Gasteiger partial charge in [-0.3, -0.25) is 9.78 Å². The molecule has 0 spiro atoms. The number of rotatable bonds is 7. The summed E-state index contributed by atoms with van der Waals surface area (Å²) in [5, 5.41) is 3.02. The topological polar surface area (TPSA) is 42.0 Å². The highest BCUT2D eigenvalue weighted by Crippen LogP contribution is 2.59. The van der Waals surface area contributed by atoms with E-state index in [1.807, 2.05) is 12.3 Å². The smallest absolute Gasteiger partial charge is 0.224 e. The molecule has 2 rings (SSSR count). The van der Waals surface area contributed by atoms with Gasteiger partial charge in [0.05, 0.1) is 5.92 Å². The first-order chi connectivity index (χ1) is 10.4. The third-order valence-corrected chi connectivity index (χ3v) is 4.66. The van der Waals surface area contributed by atoms with Gasteiger partial charge in [-0.05, 0) is 48.3 Å². The summed E-state index contributed by atoms with van der Waals surface area (Å²) >= 11 is 11.4. The summed E-state index contributed by atoms with van der Waals surface area (Å²) in [6.45, 7) is 4.84. The van der Waals surface area contributed by atoms with Gasteiger partial charge in [-0.25, -0.2) is 0 Å². The SMILES string of the molecule is CC1(C)C(C=C(Cl)Cl)C1C(=O)NCCCCc1cccnc1. The first-order valence-corrected chi connectivity index (χ1v) is 8.38. The van der Waals surface area contributed by atoms with Crippen molar-refractivity contribution in [1.29, 1.82) is 0 Å². The second-order valence-corrected chi connectivity index (χ2v) is 7.40. The van der Waals surface area contributed by atoms with Gasteiger partial charge in [-0.15, -0.1) is 0 Å². The van der Waals surface area contributed by atoms with Crippen molar-refractivity contribution in [3.05, 3.63) is 40.7 Å². The molecule has 0 radical (unpaired) electrons. The minimum atomic E-state index is -0.0607. The van der Waals surface area contributed by atoms with Crippen LogP contribution in [0.5, 0.6) is 0 Å². The number of carbonyl (C=O) groups excluding carboxylic acids is 1. The van der Waals surface area contributed by atoms with E-state index < -0.39 is 0 Å². The number of amides is 1. The van der Waals surface area contributed by atoms with Crippen LogP contribution in [0.2, 0.25) is 0 Å². The Balaban J connectivity index is 1.67. The first kappa shape index (κ1) is 17.3. The Bertz CT molecular complexity index is 539. The van der Waals surface area contributed by atoms with Gasteiger partial charge in [-0.2, -0.15) is 0 Å². The molecule has 2 unspecified atom stereocenters. The summed E-state index contributed by atoms with van der Waals surface area (Å²) in [7, 11) is 0. The number of allylic oxidation sites excluding steroid dienone is 1. The number of aryl methyl sites for hydroxylation is 1. The minimum Gasteiger partial charge on any atom is -0.356 e. The molecule has 1 aliphatic rings. The van der Waals surface area contributed by atoms with Gasteiger partial charge in [0, 0.05) is 18.9 Å². The molecule has 1 aromatic heterocycles. The molecule has 1 fully saturated rings. The second-order valence-electron chi connectivity index (χ2n) is 6.39. The fourth-order valence-corrected chi connectivity index (χ4v) is 3.22. The van der Waals surface area contributed by atoms with Crippen molar-refractivity contribution in [1.82, 2.24) is 10.3 Å². The van der Waals surface area contributed by atoms with Crippen LogP contribution in [-0.4, -0.2) is 17.4 Å². The lowest BCUT2D eigenvalue weighted by Gasteiger charge is -2.06. The molecule has 1 N–H and O–H groups in total. The summed E-state index contributed by atoms with van der Waals surface area (Å²) < 4.78 is 0.241. The van der Waals surface area contributed by atoms with E-state index in [-0.39, 0.29) is 27.6 Å². The van der Waals surface area contributed by atoms with Crippen LogP contribution < -0.4 is 5.32 Å². The lowest BCUT2D eigenvalue weighted by Crippen LogP contribution is -2.27. The molecule has 0 aliphatic heterocycles. The number of hydrogen-bond acceptors (Lipinski definition) is 2. The van der Waals surface area contributed by atoms with Gasteiger partial charge in [0.25, 0.3) is 0 Å². The lowest BCUT2D eigenvalue weighted by atomic mass is 10.1. The van der Waals surface area contributed by atoms with Gasteiger partial charge in [-0.1, -0.05) is 43.1 Å². The average Bonchev–Trinajstić information content (AvgIpc) is 2.99. The maximum Gasteiger partial charge on any atom is 0.224 e. The van der Waals surface area contributed by atoms with E-state index >= 15 is 0 Å². The normalized spacial score (nSPS) is 22.0. The van der Waals surface area contributed by atoms with E-state index in [0.717, 1.165) is 19.3 Å². The van der Waals surface area contributed by atoms with Crippen LogP contribution in [0.15, 0.2) is 35.1 Å². The van der Waals surface area contributed by atoms with Crippen LogP contribution in [0.25, 0.3) is 0 Å². The predicted molar refractivity (Wildman–Crippen MR) is 90.7 cm³/mol. The van der Waals surface area contributed by atoms with E-state index in [1.165, 1.54) is 5.56 Å². The summed E-state index contributed by atoms with van der Waals surface area (Å²) in [5.74, 6) is 0.202. The number of unbranched alkanes of at least 4 members (excludes halogenated alkanes) is 1. The monoisotopic (exact) mass is 340 g/mol. The number of aromatic nitrogens is 1. The Morgan fingerprint density at radius 2 is 2.18 bits per heavy atom. The van der Waals surface area contributed by atoms with Crippen molar-refractivity contribution in [2.24, 2.45) is 17.3 Å². The summed E-state index contributed by atoms with van der Waals surface area (Å²) in [4.78, 5) is 16.3. The largest absolute Gasteiger partial charge is 0.356 e. The molecule has 0 aromatic carbocycles. The quantitative estimate of drug-likeness (QED) is 0.759. The van der Waals surface area contributed by atoms with E-state index in [9.17, 15) is 4.79 Å².